The van der Waals surface area contributed by atoms with Crippen LogP contribution in [0.2, 0.25) is 0 Å². The molecule has 0 bridgehead atoms. The van der Waals surface area contributed by atoms with Crippen molar-refractivity contribution >= 4 is 5.96 Å². The predicted molar refractivity (Wildman–Crippen MR) is 130 cm³/mol. The van der Waals surface area contributed by atoms with Gasteiger partial charge >= 0.3 is 0 Å². The number of nitrogens with zero attached hydrogens (tertiary/aromatic N) is 3. The lowest BCUT2D eigenvalue weighted by Gasteiger charge is -2.18. The van der Waals surface area contributed by atoms with Crippen molar-refractivity contribution in [1.82, 2.24) is 20.4 Å². The van der Waals surface area contributed by atoms with Gasteiger partial charge in [-0.1, -0.05) is 42.5 Å². The maximum atomic E-state index is 6.22. The molecule has 2 N–H and O–H groups in total. The SMILES string of the molecule is CCNC(=NCc1cnn(Cc2ccccc2)c1)NCc1ccc(C)cc1OC1CCOC1. The average molecular weight is 448 g/mol. The summed E-state index contributed by atoms with van der Waals surface area (Å²) in [6, 6.07) is 16.7. The van der Waals surface area contributed by atoms with Crippen LogP contribution < -0.4 is 15.4 Å². The summed E-state index contributed by atoms with van der Waals surface area (Å²) in [5, 5.41) is 11.2. The molecule has 0 amide bonds. The van der Waals surface area contributed by atoms with Gasteiger partial charge < -0.3 is 20.1 Å². The van der Waals surface area contributed by atoms with Crippen LogP contribution in [0.3, 0.4) is 0 Å². The largest absolute Gasteiger partial charge is 0.488 e. The van der Waals surface area contributed by atoms with E-state index in [1.54, 1.807) is 0 Å². The van der Waals surface area contributed by atoms with E-state index >= 15 is 0 Å². The van der Waals surface area contributed by atoms with Gasteiger partial charge in [0.1, 0.15) is 11.9 Å². The Morgan fingerprint density at radius 1 is 1.18 bits per heavy atom. The summed E-state index contributed by atoms with van der Waals surface area (Å²) in [6.45, 7) is 8.30. The number of aliphatic imine (C=N–C) groups is 1. The number of aryl methyl sites for hydroxylation is 1. The van der Waals surface area contributed by atoms with Gasteiger partial charge in [-0.25, -0.2) is 4.99 Å². The van der Waals surface area contributed by atoms with Gasteiger partial charge in [-0.15, -0.1) is 0 Å². The first-order valence-electron chi connectivity index (χ1n) is 11.6. The van der Waals surface area contributed by atoms with Crippen LogP contribution in [-0.2, 0) is 24.4 Å². The highest BCUT2D eigenvalue weighted by Crippen LogP contribution is 2.23. The molecule has 0 spiro atoms. The molecule has 0 saturated carbocycles. The zero-order valence-corrected chi connectivity index (χ0v) is 19.5. The molecule has 7 nitrogen and oxygen atoms in total. The minimum absolute atomic E-state index is 0.125. The van der Waals surface area contributed by atoms with Crippen molar-refractivity contribution in [3.8, 4) is 5.75 Å². The van der Waals surface area contributed by atoms with E-state index in [9.17, 15) is 0 Å². The van der Waals surface area contributed by atoms with Gasteiger partial charge in [-0.2, -0.15) is 5.10 Å². The first-order valence-corrected chi connectivity index (χ1v) is 11.6. The van der Waals surface area contributed by atoms with Crippen molar-refractivity contribution in [2.24, 2.45) is 4.99 Å². The fourth-order valence-corrected chi connectivity index (χ4v) is 3.74. The number of guanidine groups is 1. The first-order chi connectivity index (χ1) is 16.2. The van der Waals surface area contributed by atoms with Gasteiger partial charge in [-0.05, 0) is 31.0 Å². The fraction of sp³-hybridized carbons (Fsp3) is 0.385. The van der Waals surface area contributed by atoms with Crippen molar-refractivity contribution in [2.75, 3.05) is 19.8 Å². The second-order valence-corrected chi connectivity index (χ2v) is 8.30. The lowest BCUT2D eigenvalue weighted by molar-refractivity contribution is 0.140. The Hall–Kier alpha value is -3.32. The Kier molecular flexibility index (Phi) is 7.98. The zero-order valence-electron chi connectivity index (χ0n) is 19.5. The monoisotopic (exact) mass is 447 g/mol. The van der Waals surface area contributed by atoms with Gasteiger partial charge in [0.25, 0.3) is 0 Å². The number of aromatic nitrogens is 2. The predicted octanol–water partition coefficient (Wildman–Crippen LogP) is 3.66. The minimum atomic E-state index is 0.125. The highest BCUT2D eigenvalue weighted by molar-refractivity contribution is 5.79. The second kappa shape index (κ2) is 11.5. The zero-order chi connectivity index (χ0) is 22.9. The molecule has 4 rings (SSSR count). The molecule has 0 aliphatic carbocycles. The third-order valence-electron chi connectivity index (χ3n) is 5.49. The van der Waals surface area contributed by atoms with E-state index in [1.807, 2.05) is 29.1 Å². The maximum Gasteiger partial charge on any atom is 0.191 e. The molecule has 7 heteroatoms. The lowest BCUT2D eigenvalue weighted by atomic mass is 10.1. The van der Waals surface area contributed by atoms with E-state index in [0.717, 1.165) is 49.0 Å². The van der Waals surface area contributed by atoms with Gasteiger partial charge in [0, 0.05) is 36.8 Å². The molecular formula is C26H33N5O2. The third kappa shape index (κ3) is 6.83. The molecule has 1 aliphatic heterocycles. The molecule has 1 fully saturated rings. The molecule has 1 unspecified atom stereocenters. The molecule has 1 atom stereocenters. The highest BCUT2D eigenvalue weighted by atomic mass is 16.5. The molecule has 1 saturated heterocycles. The van der Waals surface area contributed by atoms with Gasteiger partial charge in [0.05, 0.1) is 32.5 Å². The molecule has 2 aromatic carbocycles. The van der Waals surface area contributed by atoms with Crippen LogP contribution >= 0.6 is 0 Å². The number of benzene rings is 2. The Morgan fingerprint density at radius 2 is 2.06 bits per heavy atom. The molecule has 2 heterocycles. The van der Waals surface area contributed by atoms with Crippen molar-refractivity contribution in [3.63, 3.8) is 0 Å². The minimum Gasteiger partial charge on any atom is -0.488 e. The smallest absolute Gasteiger partial charge is 0.191 e. The quantitative estimate of drug-likeness (QED) is 0.387. The second-order valence-electron chi connectivity index (χ2n) is 8.30. The Morgan fingerprint density at radius 3 is 2.85 bits per heavy atom. The molecule has 0 radical (unpaired) electrons. The van der Waals surface area contributed by atoms with Crippen molar-refractivity contribution in [1.29, 1.82) is 0 Å². The van der Waals surface area contributed by atoms with E-state index < -0.39 is 0 Å². The van der Waals surface area contributed by atoms with Crippen LogP contribution in [-0.4, -0.2) is 41.6 Å². The van der Waals surface area contributed by atoms with E-state index in [-0.39, 0.29) is 6.10 Å². The van der Waals surface area contributed by atoms with E-state index in [2.05, 4.69) is 66.1 Å². The topological polar surface area (TPSA) is 72.7 Å². The van der Waals surface area contributed by atoms with Crippen LogP contribution in [0.25, 0.3) is 0 Å². The fourth-order valence-electron chi connectivity index (χ4n) is 3.74. The summed E-state index contributed by atoms with van der Waals surface area (Å²) < 4.78 is 13.6. The van der Waals surface area contributed by atoms with Crippen LogP contribution in [0.15, 0.2) is 65.9 Å². The number of rotatable bonds is 9. The van der Waals surface area contributed by atoms with Crippen LogP contribution in [0, 0.1) is 6.92 Å². The molecule has 1 aromatic heterocycles. The van der Waals surface area contributed by atoms with Gasteiger partial charge in [0.15, 0.2) is 5.96 Å². The third-order valence-corrected chi connectivity index (χ3v) is 5.49. The van der Waals surface area contributed by atoms with Gasteiger partial charge in [-0.3, -0.25) is 4.68 Å². The van der Waals surface area contributed by atoms with Crippen molar-refractivity contribution in [3.05, 3.63) is 83.2 Å². The molecule has 3 aromatic rings. The van der Waals surface area contributed by atoms with Crippen molar-refractivity contribution in [2.45, 2.75) is 46.0 Å². The maximum absolute atomic E-state index is 6.22. The summed E-state index contributed by atoms with van der Waals surface area (Å²) in [7, 11) is 0. The number of hydrogen-bond donors (Lipinski definition) is 2. The van der Waals surface area contributed by atoms with Crippen LogP contribution in [0.5, 0.6) is 5.75 Å². The number of hydrogen-bond acceptors (Lipinski definition) is 4. The van der Waals surface area contributed by atoms with E-state index in [1.165, 1.54) is 11.1 Å². The average Bonchev–Trinajstić information content (AvgIpc) is 3.49. The first kappa shape index (κ1) is 22.9. The Balaban J connectivity index is 1.37. The highest BCUT2D eigenvalue weighted by Gasteiger charge is 2.18. The number of ether oxygens (including phenoxy) is 2. The van der Waals surface area contributed by atoms with E-state index in [0.29, 0.717) is 19.7 Å². The summed E-state index contributed by atoms with van der Waals surface area (Å²) in [5.74, 6) is 1.68. The Bertz CT molecular complexity index is 1040. The summed E-state index contributed by atoms with van der Waals surface area (Å²) in [4.78, 5) is 4.75. The number of nitrogens with one attached hydrogen (secondary N) is 2. The van der Waals surface area contributed by atoms with Crippen LogP contribution in [0.1, 0.15) is 35.6 Å². The normalized spacial score (nSPS) is 16.1. The molecule has 1 aliphatic rings. The summed E-state index contributed by atoms with van der Waals surface area (Å²) in [5.41, 5.74) is 4.59. The molecule has 174 valence electrons. The summed E-state index contributed by atoms with van der Waals surface area (Å²) in [6.07, 6.45) is 4.99. The molecular weight excluding hydrogens is 414 g/mol. The summed E-state index contributed by atoms with van der Waals surface area (Å²) >= 11 is 0. The lowest BCUT2D eigenvalue weighted by Crippen LogP contribution is -2.37. The molecule has 33 heavy (non-hydrogen) atoms. The van der Waals surface area contributed by atoms with Gasteiger partial charge in [0.2, 0.25) is 0 Å². The van der Waals surface area contributed by atoms with Crippen LogP contribution in [0.4, 0.5) is 0 Å². The standard InChI is InChI=1S/C26H33N5O2/c1-3-27-26(28-14-22-15-30-31(18-22)17-21-7-5-4-6-8-21)29-16-23-10-9-20(2)13-25(23)33-24-11-12-32-19-24/h4-10,13,15,18,24H,3,11-12,14,16-17,19H2,1-2H3,(H2,27,28,29). The Labute approximate surface area is 195 Å². The van der Waals surface area contributed by atoms with Crippen molar-refractivity contribution < 1.29 is 9.47 Å². The van der Waals surface area contributed by atoms with E-state index in [4.69, 9.17) is 14.5 Å².